The number of carbonyl (C=O) groups is 3. The third-order valence-corrected chi connectivity index (χ3v) is 7.03. The summed E-state index contributed by atoms with van der Waals surface area (Å²) in [6, 6.07) is 7.56. The van der Waals surface area contributed by atoms with Gasteiger partial charge in [-0.3, -0.25) is 19.4 Å². The van der Waals surface area contributed by atoms with Crippen LogP contribution in [0.1, 0.15) is 55.8 Å². The molecule has 1 atom stereocenters. The smallest absolute Gasteiger partial charge is 0.327 e. The van der Waals surface area contributed by atoms with E-state index in [1.54, 1.807) is 4.90 Å². The summed E-state index contributed by atoms with van der Waals surface area (Å²) in [5.74, 6) is 0.00649. The van der Waals surface area contributed by atoms with E-state index in [1.807, 2.05) is 24.3 Å². The number of urea groups is 1. The summed E-state index contributed by atoms with van der Waals surface area (Å²) < 4.78 is 0. The van der Waals surface area contributed by atoms with Crippen LogP contribution < -0.4 is 10.2 Å². The third-order valence-electron chi connectivity index (χ3n) is 7.03. The van der Waals surface area contributed by atoms with Crippen LogP contribution in [-0.4, -0.2) is 96.4 Å². The zero-order valence-corrected chi connectivity index (χ0v) is 21.5. The number of fused-ring (bicyclic) bond motifs is 1. The van der Waals surface area contributed by atoms with E-state index in [9.17, 15) is 14.4 Å². The van der Waals surface area contributed by atoms with Crippen LogP contribution in [0.2, 0.25) is 0 Å². The number of hydrogen-bond donors (Lipinski definition) is 1. The quantitative estimate of drug-likeness (QED) is 0.405. The second kappa shape index (κ2) is 13.7. The number of nitrogens with one attached hydrogen (secondary N) is 1. The van der Waals surface area contributed by atoms with Crippen LogP contribution in [0.15, 0.2) is 24.3 Å². The second-order valence-corrected chi connectivity index (χ2v) is 9.29. The highest BCUT2D eigenvalue weighted by atomic mass is 35.5. The van der Waals surface area contributed by atoms with Gasteiger partial charge >= 0.3 is 6.03 Å². The highest BCUT2D eigenvalue weighted by molar-refractivity contribution is 6.04. The SMILES string of the molecule is CCCNC(=O)c1ccccc1N1CCN(CCCCN2C(=O)C3CCCCN3C2=O)CC1.Cl.O. The predicted molar refractivity (Wildman–Crippen MR) is 139 cm³/mol. The summed E-state index contributed by atoms with van der Waals surface area (Å²) in [6.45, 7) is 8.63. The monoisotopic (exact) mass is 509 g/mol. The number of carbonyl (C=O) groups excluding carboxylic acids is 3. The van der Waals surface area contributed by atoms with Gasteiger partial charge in [-0.25, -0.2) is 4.79 Å². The number of anilines is 1. The van der Waals surface area contributed by atoms with E-state index in [4.69, 9.17) is 0 Å². The van der Waals surface area contributed by atoms with Gasteiger partial charge in [-0.1, -0.05) is 19.1 Å². The Bertz CT molecular complexity index is 838. The Hall–Kier alpha value is -2.36. The molecule has 196 valence electrons. The first kappa shape index (κ1) is 28.9. The average Bonchev–Trinajstić information content (AvgIpc) is 3.10. The average molecular weight is 510 g/mol. The van der Waals surface area contributed by atoms with Gasteiger partial charge in [-0.2, -0.15) is 0 Å². The zero-order valence-electron chi connectivity index (χ0n) is 20.7. The van der Waals surface area contributed by atoms with Crippen LogP contribution in [-0.2, 0) is 4.79 Å². The molecule has 0 spiro atoms. The molecule has 9 nitrogen and oxygen atoms in total. The number of hydrogen-bond acceptors (Lipinski definition) is 5. The van der Waals surface area contributed by atoms with Gasteiger partial charge in [-0.15, -0.1) is 12.4 Å². The third kappa shape index (κ3) is 6.65. The molecule has 0 saturated carbocycles. The van der Waals surface area contributed by atoms with Crippen LogP contribution in [0, 0.1) is 0 Å². The molecular weight excluding hydrogens is 470 g/mol. The molecule has 0 aromatic heterocycles. The lowest BCUT2D eigenvalue weighted by Crippen LogP contribution is -2.47. The number of rotatable bonds is 9. The number of nitrogens with zero attached hydrogens (tertiary/aromatic N) is 4. The van der Waals surface area contributed by atoms with Gasteiger partial charge in [0, 0.05) is 51.5 Å². The molecule has 0 radical (unpaired) electrons. The number of halogens is 1. The van der Waals surface area contributed by atoms with Crippen molar-refractivity contribution < 1.29 is 19.9 Å². The van der Waals surface area contributed by atoms with Gasteiger partial charge in [0.2, 0.25) is 0 Å². The van der Waals surface area contributed by atoms with Gasteiger partial charge in [-0.05, 0) is 57.2 Å². The number of imide groups is 1. The fourth-order valence-corrected chi connectivity index (χ4v) is 5.15. The van der Waals surface area contributed by atoms with Crippen molar-refractivity contribution in [2.24, 2.45) is 0 Å². The molecule has 3 aliphatic heterocycles. The summed E-state index contributed by atoms with van der Waals surface area (Å²) in [5.41, 5.74) is 1.75. The molecular formula is C25H40ClN5O4. The Morgan fingerprint density at radius 1 is 1.00 bits per heavy atom. The number of piperidine rings is 1. The molecule has 1 unspecified atom stereocenters. The maximum absolute atomic E-state index is 12.6. The molecule has 4 rings (SSSR count). The van der Waals surface area contributed by atoms with Gasteiger partial charge in [0.15, 0.2) is 0 Å². The van der Waals surface area contributed by atoms with Crippen LogP contribution in [0.4, 0.5) is 10.5 Å². The van der Waals surface area contributed by atoms with Gasteiger partial charge in [0.05, 0.1) is 5.56 Å². The van der Waals surface area contributed by atoms with Crippen molar-refractivity contribution >= 4 is 35.9 Å². The summed E-state index contributed by atoms with van der Waals surface area (Å²) in [5, 5.41) is 2.99. The van der Waals surface area contributed by atoms with E-state index in [0.29, 0.717) is 13.1 Å². The minimum Gasteiger partial charge on any atom is -0.412 e. The number of unbranched alkanes of at least 4 members (excludes halogenated alkanes) is 1. The lowest BCUT2D eigenvalue weighted by atomic mass is 10.0. The van der Waals surface area contributed by atoms with Crippen molar-refractivity contribution in [3.63, 3.8) is 0 Å². The molecule has 1 aromatic carbocycles. The largest absolute Gasteiger partial charge is 0.412 e. The topological polar surface area (TPSA) is 108 Å². The summed E-state index contributed by atoms with van der Waals surface area (Å²) in [4.78, 5) is 45.6. The first-order valence-corrected chi connectivity index (χ1v) is 12.6. The first-order chi connectivity index (χ1) is 16.1. The maximum atomic E-state index is 12.6. The van der Waals surface area contributed by atoms with Crippen molar-refractivity contribution in [2.45, 2.75) is 51.5 Å². The minimum absolute atomic E-state index is 0. The standard InChI is InChI=1S/C25H37N5O3.ClH.H2O/c1-2-12-26-23(31)20-9-3-4-10-21(20)28-18-16-27(17-19-28)13-7-8-15-30-24(32)22-11-5-6-14-29(22)25(30)33;;/h3-4,9-10,22H,2,5-8,11-19H2,1H3,(H,26,31);1H;1H2. The summed E-state index contributed by atoms with van der Waals surface area (Å²) in [6.07, 6.45) is 5.59. The molecule has 10 heteroatoms. The number of benzene rings is 1. The Morgan fingerprint density at radius 2 is 1.71 bits per heavy atom. The lowest BCUT2D eigenvalue weighted by molar-refractivity contribution is -0.128. The highest BCUT2D eigenvalue weighted by Gasteiger charge is 2.45. The number of amides is 4. The second-order valence-electron chi connectivity index (χ2n) is 9.29. The molecule has 3 fully saturated rings. The van der Waals surface area contributed by atoms with Crippen LogP contribution in [0.25, 0.3) is 0 Å². The zero-order chi connectivity index (χ0) is 23.2. The molecule has 4 amide bonds. The van der Waals surface area contributed by atoms with Gasteiger partial charge < -0.3 is 20.6 Å². The van der Waals surface area contributed by atoms with Gasteiger partial charge in [0.1, 0.15) is 6.04 Å². The van der Waals surface area contributed by atoms with Crippen LogP contribution in [0.5, 0.6) is 0 Å². The fraction of sp³-hybridized carbons (Fsp3) is 0.640. The minimum atomic E-state index is -0.203. The van der Waals surface area contributed by atoms with Crippen LogP contribution >= 0.6 is 12.4 Å². The molecule has 3 aliphatic rings. The van der Waals surface area contributed by atoms with E-state index in [1.165, 1.54) is 4.90 Å². The van der Waals surface area contributed by atoms with Gasteiger partial charge in [0.25, 0.3) is 11.8 Å². The Kier molecular flexibility index (Phi) is 11.3. The molecule has 35 heavy (non-hydrogen) atoms. The molecule has 1 aromatic rings. The molecule has 3 N–H and O–H groups in total. The molecule has 0 bridgehead atoms. The summed E-state index contributed by atoms with van der Waals surface area (Å²) in [7, 11) is 0. The lowest BCUT2D eigenvalue weighted by Gasteiger charge is -2.37. The van der Waals surface area contributed by atoms with Crippen molar-refractivity contribution in [1.82, 2.24) is 20.0 Å². The molecule has 3 heterocycles. The van der Waals surface area contributed by atoms with E-state index >= 15 is 0 Å². The Morgan fingerprint density at radius 3 is 2.43 bits per heavy atom. The van der Waals surface area contributed by atoms with E-state index < -0.39 is 0 Å². The van der Waals surface area contributed by atoms with Crippen molar-refractivity contribution in [3.05, 3.63) is 29.8 Å². The Balaban J connectivity index is 0.00000216. The van der Waals surface area contributed by atoms with E-state index in [0.717, 1.165) is 89.0 Å². The Labute approximate surface area is 214 Å². The highest BCUT2D eigenvalue weighted by Crippen LogP contribution is 2.27. The molecule has 3 saturated heterocycles. The fourth-order valence-electron chi connectivity index (χ4n) is 5.15. The summed E-state index contributed by atoms with van der Waals surface area (Å²) >= 11 is 0. The normalized spacial score (nSPS) is 20.3. The predicted octanol–water partition coefficient (Wildman–Crippen LogP) is 2.14. The van der Waals surface area contributed by atoms with E-state index in [2.05, 4.69) is 22.0 Å². The number of piperazine rings is 1. The maximum Gasteiger partial charge on any atom is 0.327 e. The van der Waals surface area contributed by atoms with Crippen molar-refractivity contribution in [1.29, 1.82) is 0 Å². The van der Waals surface area contributed by atoms with Crippen molar-refractivity contribution in [3.8, 4) is 0 Å². The first-order valence-electron chi connectivity index (χ1n) is 12.6. The molecule has 0 aliphatic carbocycles. The van der Waals surface area contributed by atoms with Crippen LogP contribution in [0.3, 0.4) is 0 Å². The van der Waals surface area contributed by atoms with E-state index in [-0.39, 0.29) is 41.8 Å². The van der Waals surface area contributed by atoms with Crippen molar-refractivity contribution in [2.75, 3.05) is 57.3 Å². The number of para-hydroxylation sites is 1.